The zero-order valence-electron chi connectivity index (χ0n) is 11.6. The Labute approximate surface area is 120 Å². The molecule has 2 heterocycles. The van der Waals surface area contributed by atoms with E-state index in [9.17, 15) is 4.21 Å². The van der Waals surface area contributed by atoms with Crippen molar-refractivity contribution in [2.24, 2.45) is 5.92 Å². The maximum atomic E-state index is 11.6. The number of aromatic nitrogens is 4. The number of imidazole rings is 1. The summed E-state index contributed by atoms with van der Waals surface area (Å²) in [5, 5.41) is 4.85. The van der Waals surface area contributed by atoms with Gasteiger partial charge in [-0.15, -0.1) is 5.10 Å². The smallest absolute Gasteiger partial charge is 0.237 e. The zero-order chi connectivity index (χ0) is 13.7. The maximum absolute atomic E-state index is 11.6. The summed E-state index contributed by atoms with van der Waals surface area (Å²) in [6.07, 6.45) is 12.8. The van der Waals surface area contributed by atoms with Gasteiger partial charge in [-0.3, -0.25) is 4.21 Å². The minimum Gasteiger partial charge on any atom is -0.251 e. The molecule has 3 saturated carbocycles. The highest BCUT2D eigenvalue weighted by atomic mass is 32.2. The van der Waals surface area contributed by atoms with Crippen molar-refractivity contribution in [2.75, 3.05) is 6.26 Å². The molecule has 0 N–H and O–H groups in total. The normalized spacial score (nSPS) is 30.8. The van der Waals surface area contributed by atoms with Gasteiger partial charge >= 0.3 is 0 Å². The SMILES string of the molecule is CS(=O)c1ncc2cnc(C34CCC(CC3)CC4)n2n1. The van der Waals surface area contributed by atoms with Crippen molar-refractivity contribution in [3.8, 4) is 0 Å². The predicted molar refractivity (Wildman–Crippen MR) is 76.0 cm³/mol. The standard InChI is InChI=1S/C14H18N4OS/c1-20(19)13-16-9-11-8-15-12(18(11)17-13)14-5-2-10(3-6-14)4-7-14/h8-10H,2-7H2,1H3. The molecular formula is C14H18N4OS. The second-order valence-corrected chi connectivity index (χ2v) is 7.45. The number of hydrogen-bond acceptors (Lipinski definition) is 4. The van der Waals surface area contributed by atoms with Gasteiger partial charge in [-0.05, 0) is 44.4 Å². The number of hydrogen-bond donors (Lipinski definition) is 0. The van der Waals surface area contributed by atoms with Gasteiger partial charge in [0.15, 0.2) is 0 Å². The Kier molecular flexibility index (Phi) is 2.70. The van der Waals surface area contributed by atoms with E-state index in [1.165, 1.54) is 38.5 Å². The van der Waals surface area contributed by atoms with E-state index in [2.05, 4.69) is 15.1 Å². The Morgan fingerprint density at radius 2 is 1.85 bits per heavy atom. The van der Waals surface area contributed by atoms with Gasteiger partial charge in [0.25, 0.3) is 0 Å². The number of nitrogens with zero attached hydrogens (tertiary/aromatic N) is 4. The van der Waals surface area contributed by atoms with Crippen molar-refractivity contribution in [1.29, 1.82) is 0 Å². The fourth-order valence-electron chi connectivity index (χ4n) is 3.86. The average Bonchev–Trinajstić information content (AvgIpc) is 2.92. The van der Waals surface area contributed by atoms with Gasteiger partial charge in [0.05, 0.1) is 23.2 Å². The monoisotopic (exact) mass is 290 g/mol. The lowest BCUT2D eigenvalue weighted by Gasteiger charge is -2.45. The minimum absolute atomic E-state index is 0.183. The van der Waals surface area contributed by atoms with Crippen LogP contribution in [0.25, 0.3) is 5.52 Å². The fourth-order valence-corrected chi connectivity index (χ4v) is 4.26. The molecule has 5 nitrogen and oxygen atoms in total. The first-order chi connectivity index (χ1) is 9.68. The van der Waals surface area contributed by atoms with Crippen LogP contribution in [0.4, 0.5) is 0 Å². The molecule has 2 aromatic rings. The van der Waals surface area contributed by atoms with E-state index in [0.717, 1.165) is 17.3 Å². The van der Waals surface area contributed by atoms with Gasteiger partial charge in [-0.25, -0.2) is 14.5 Å². The topological polar surface area (TPSA) is 60.2 Å². The summed E-state index contributed by atoms with van der Waals surface area (Å²) < 4.78 is 13.5. The molecule has 3 aliphatic carbocycles. The van der Waals surface area contributed by atoms with Crippen LogP contribution in [0.2, 0.25) is 0 Å². The molecule has 6 heteroatoms. The molecule has 106 valence electrons. The lowest BCUT2D eigenvalue weighted by Crippen LogP contribution is -2.39. The first-order valence-electron chi connectivity index (χ1n) is 7.23. The molecule has 0 amide bonds. The van der Waals surface area contributed by atoms with Crippen LogP contribution in [0.3, 0.4) is 0 Å². The van der Waals surface area contributed by atoms with Gasteiger partial charge in [-0.2, -0.15) is 0 Å². The van der Waals surface area contributed by atoms with Crippen LogP contribution in [-0.2, 0) is 16.2 Å². The highest BCUT2D eigenvalue weighted by molar-refractivity contribution is 7.84. The predicted octanol–water partition coefficient (Wildman–Crippen LogP) is 2.08. The van der Waals surface area contributed by atoms with Crippen molar-refractivity contribution >= 4 is 16.3 Å². The molecule has 1 atom stereocenters. The minimum atomic E-state index is -1.16. The molecule has 0 spiro atoms. The highest BCUT2D eigenvalue weighted by Crippen LogP contribution is 2.51. The van der Waals surface area contributed by atoms with Gasteiger partial charge in [0.1, 0.15) is 11.3 Å². The van der Waals surface area contributed by atoms with E-state index >= 15 is 0 Å². The van der Waals surface area contributed by atoms with Crippen molar-refractivity contribution in [2.45, 2.75) is 49.1 Å². The molecule has 0 aromatic carbocycles. The van der Waals surface area contributed by atoms with Crippen molar-refractivity contribution in [3.63, 3.8) is 0 Å². The summed E-state index contributed by atoms with van der Waals surface area (Å²) in [6.45, 7) is 0. The molecule has 2 aromatic heterocycles. The second kappa shape index (κ2) is 4.35. The Balaban J connectivity index is 1.86. The first-order valence-corrected chi connectivity index (χ1v) is 8.78. The first kappa shape index (κ1) is 12.4. The van der Waals surface area contributed by atoms with Crippen LogP contribution in [0, 0.1) is 5.92 Å². The quantitative estimate of drug-likeness (QED) is 0.849. The van der Waals surface area contributed by atoms with Crippen molar-refractivity contribution in [1.82, 2.24) is 19.6 Å². The summed E-state index contributed by atoms with van der Waals surface area (Å²) in [4.78, 5) is 8.80. The van der Waals surface area contributed by atoms with E-state index in [-0.39, 0.29) is 5.41 Å². The summed E-state index contributed by atoms with van der Waals surface area (Å²) in [5.41, 5.74) is 1.08. The largest absolute Gasteiger partial charge is 0.251 e. The van der Waals surface area contributed by atoms with Gasteiger partial charge < -0.3 is 0 Å². The molecule has 0 radical (unpaired) electrons. The number of fused-ring (bicyclic) bond motifs is 4. The molecule has 0 aliphatic heterocycles. The maximum Gasteiger partial charge on any atom is 0.237 e. The number of rotatable bonds is 2. The fraction of sp³-hybridized carbons (Fsp3) is 0.643. The zero-order valence-corrected chi connectivity index (χ0v) is 12.4. The molecule has 1 unspecified atom stereocenters. The molecule has 20 heavy (non-hydrogen) atoms. The lowest BCUT2D eigenvalue weighted by atomic mass is 9.60. The van der Waals surface area contributed by atoms with Gasteiger partial charge in [0, 0.05) is 11.7 Å². The van der Waals surface area contributed by atoms with Gasteiger partial charge in [0.2, 0.25) is 5.16 Å². The van der Waals surface area contributed by atoms with Crippen LogP contribution < -0.4 is 0 Å². The second-order valence-electron chi connectivity index (χ2n) is 6.18. The van der Waals surface area contributed by atoms with Crippen LogP contribution in [0.1, 0.15) is 44.3 Å². The molecule has 3 fully saturated rings. The molecule has 2 bridgehead atoms. The molecular weight excluding hydrogens is 272 g/mol. The summed E-state index contributed by atoms with van der Waals surface area (Å²) in [5.74, 6) is 1.98. The van der Waals surface area contributed by atoms with Crippen LogP contribution >= 0.6 is 0 Å². The Morgan fingerprint density at radius 3 is 2.50 bits per heavy atom. The van der Waals surface area contributed by atoms with Crippen LogP contribution in [0.5, 0.6) is 0 Å². The van der Waals surface area contributed by atoms with E-state index in [1.807, 2.05) is 10.7 Å². The Hall–Kier alpha value is -1.30. The third-order valence-corrected chi connectivity index (χ3v) is 5.78. The average molecular weight is 290 g/mol. The van der Waals surface area contributed by atoms with Crippen LogP contribution in [0.15, 0.2) is 17.6 Å². The van der Waals surface area contributed by atoms with Gasteiger partial charge in [-0.1, -0.05) is 0 Å². The third-order valence-electron chi connectivity index (χ3n) is 5.08. The molecule has 5 rings (SSSR count). The van der Waals surface area contributed by atoms with Crippen LogP contribution in [-0.4, -0.2) is 30.0 Å². The lowest BCUT2D eigenvalue weighted by molar-refractivity contribution is 0.126. The van der Waals surface area contributed by atoms with Crippen molar-refractivity contribution in [3.05, 3.63) is 18.2 Å². The Morgan fingerprint density at radius 1 is 1.20 bits per heavy atom. The molecule has 0 saturated heterocycles. The van der Waals surface area contributed by atoms with E-state index in [1.54, 1.807) is 12.5 Å². The van der Waals surface area contributed by atoms with E-state index < -0.39 is 10.8 Å². The van der Waals surface area contributed by atoms with Crippen molar-refractivity contribution < 1.29 is 4.21 Å². The summed E-state index contributed by atoms with van der Waals surface area (Å²) in [6, 6.07) is 0. The summed E-state index contributed by atoms with van der Waals surface area (Å²) >= 11 is 0. The van der Waals surface area contributed by atoms with E-state index in [0.29, 0.717) is 5.16 Å². The van der Waals surface area contributed by atoms with E-state index in [4.69, 9.17) is 0 Å². The summed E-state index contributed by atoms with van der Waals surface area (Å²) in [7, 11) is -1.16. The Bertz CT molecular complexity index is 674. The molecule has 3 aliphatic rings. The highest BCUT2D eigenvalue weighted by Gasteiger charge is 2.44. The third kappa shape index (κ3) is 1.74.